The molecule has 2 aromatic carbocycles. The third-order valence-electron chi connectivity index (χ3n) is 5.19. The molecule has 0 saturated heterocycles. The SMILES string of the molecule is Cc1cc2c(cc1C(C)(C)C)-c1cc(C(C)(C)C)c(C)cc1C2.[Cl][Zr][Cl]. The van der Waals surface area contributed by atoms with Gasteiger partial charge in [0.15, 0.2) is 0 Å². The fraction of sp³-hybridized carbons (Fsp3) is 0.478. The van der Waals surface area contributed by atoms with Crippen molar-refractivity contribution >= 4 is 17.0 Å². The second-order valence-corrected chi connectivity index (χ2v) is 13.1. The van der Waals surface area contributed by atoms with Crippen LogP contribution in [0.2, 0.25) is 0 Å². The van der Waals surface area contributed by atoms with Crippen LogP contribution in [0.3, 0.4) is 0 Å². The van der Waals surface area contributed by atoms with Crippen LogP contribution in [0.4, 0.5) is 0 Å². The summed E-state index contributed by atoms with van der Waals surface area (Å²) in [6.07, 6.45) is 1.08. The number of hydrogen-bond donors (Lipinski definition) is 0. The molecule has 0 nitrogen and oxygen atoms in total. The third-order valence-corrected chi connectivity index (χ3v) is 5.19. The molecule has 0 fully saturated rings. The molecule has 0 unspecified atom stereocenters. The van der Waals surface area contributed by atoms with E-state index >= 15 is 0 Å². The fourth-order valence-corrected chi connectivity index (χ4v) is 4.15. The topological polar surface area (TPSA) is 0 Å². The minimum absolute atomic E-state index is 0.194. The van der Waals surface area contributed by atoms with Gasteiger partial charge in [0.2, 0.25) is 0 Å². The summed E-state index contributed by atoms with van der Waals surface area (Å²) >= 11 is -0.826. The van der Waals surface area contributed by atoms with Crippen molar-refractivity contribution in [3.05, 3.63) is 57.6 Å². The van der Waals surface area contributed by atoms with Gasteiger partial charge in [-0.15, -0.1) is 0 Å². The summed E-state index contributed by atoms with van der Waals surface area (Å²) in [5.41, 5.74) is 12.1. The average molecular weight is 469 g/mol. The van der Waals surface area contributed by atoms with E-state index in [-0.39, 0.29) is 10.8 Å². The quantitative estimate of drug-likeness (QED) is 0.315. The first-order valence-corrected chi connectivity index (χ1v) is 15.5. The summed E-state index contributed by atoms with van der Waals surface area (Å²) in [7, 11) is 9.87. The van der Waals surface area contributed by atoms with Crippen molar-refractivity contribution in [1.82, 2.24) is 0 Å². The molecular formula is C23H30Cl2Zr. The van der Waals surface area contributed by atoms with Gasteiger partial charge in [0.1, 0.15) is 0 Å². The number of benzene rings is 2. The molecule has 0 atom stereocenters. The average Bonchev–Trinajstić information content (AvgIpc) is 2.80. The zero-order chi connectivity index (χ0) is 19.9. The Labute approximate surface area is 178 Å². The van der Waals surface area contributed by atoms with Crippen LogP contribution < -0.4 is 0 Å². The van der Waals surface area contributed by atoms with Crippen LogP contribution in [0.1, 0.15) is 74.9 Å². The monoisotopic (exact) mass is 466 g/mol. The van der Waals surface area contributed by atoms with Crippen LogP contribution in [0.15, 0.2) is 24.3 Å². The molecule has 0 aromatic heterocycles. The first kappa shape index (κ1) is 22.2. The molecular weight excluding hydrogens is 438 g/mol. The van der Waals surface area contributed by atoms with E-state index in [4.69, 9.17) is 17.0 Å². The van der Waals surface area contributed by atoms with Gasteiger partial charge in [0.25, 0.3) is 0 Å². The first-order valence-electron chi connectivity index (χ1n) is 9.14. The van der Waals surface area contributed by atoms with E-state index in [2.05, 4.69) is 79.7 Å². The molecule has 0 bridgehead atoms. The van der Waals surface area contributed by atoms with E-state index < -0.39 is 20.8 Å². The molecule has 0 aliphatic heterocycles. The van der Waals surface area contributed by atoms with E-state index in [0.29, 0.717) is 0 Å². The molecule has 3 rings (SSSR count). The maximum absolute atomic E-state index is 4.93. The molecule has 0 heterocycles. The standard InChI is InChI=1S/C23H30.2ClH.Zr/c1-14-9-16-11-17-10-15(2)21(23(6,7)8)13-19(17)18(16)12-20(14)22(3,4)5;;;/h9-10,12-13H,11H2,1-8H3;2*1H;/q;;;+2/p-2. The molecule has 2 aromatic rings. The van der Waals surface area contributed by atoms with Crippen molar-refractivity contribution in [2.75, 3.05) is 0 Å². The van der Waals surface area contributed by atoms with Gasteiger partial charge < -0.3 is 0 Å². The van der Waals surface area contributed by atoms with Crippen molar-refractivity contribution in [1.29, 1.82) is 0 Å². The number of aryl methyl sites for hydroxylation is 2. The Balaban J connectivity index is 0.000000758. The van der Waals surface area contributed by atoms with Gasteiger partial charge in [-0.1, -0.05) is 65.8 Å². The number of hydrogen-bond acceptors (Lipinski definition) is 0. The van der Waals surface area contributed by atoms with E-state index in [1.807, 2.05) is 0 Å². The molecule has 140 valence electrons. The summed E-state index contributed by atoms with van der Waals surface area (Å²) < 4.78 is 0. The van der Waals surface area contributed by atoms with Crippen LogP contribution in [-0.2, 0) is 38.1 Å². The van der Waals surface area contributed by atoms with Crippen LogP contribution in [0.25, 0.3) is 11.1 Å². The number of rotatable bonds is 0. The van der Waals surface area contributed by atoms with Gasteiger partial charge in [0, 0.05) is 0 Å². The van der Waals surface area contributed by atoms with Crippen LogP contribution in [-0.4, -0.2) is 0 Å². The normalized spacial score (nSPS) is 12.8. The summed E-state index contributed by atoms with van der Waals surface area (Å²) in [4.78, 5) is 0. The summed E-state index contributed by atoms with van der Waals surface area (Å²) in [6, 6.07) is 9.75. The van der Waals surface area contributed by atoms with Gasteiger partial charge in [-0.3, -0.25) is 0 Å². The predicted octanol–water partition coefficient (Wildman–Crippen LogP) is 7.85. The molecule has 3 heteroatoms. The molecule has 0 N–H and O–H groups in total. The first-order chi connectivity index (χ1) is 11.9. The molecule has 26 heavy (non-hydrogen) atoms. The Morgan fingerprint density at radius 3 is 1.27 bits per heavy atom. The van der Waals surface area contributed by atoms with Crippen molar-refractivity contribution in [2.45, 2.75) is 72.6 Å². The summed E-state index contributed by atoms with van der Waals surface area (Å²) in [6.45, 7) is 18.4. The van der Waals surface area contributed by atoms with Crippen molar-refractivity contribution in [3.8, 4) is 11.1 Å². The zero-order valence-electron chi connectivity index (χ0n) is 17.3. The van der Waals surface area contributed by atoms with Gasteiger partial charge in [0.05, 0.1) is 0 Å². The predicted molar refractivity (Wildman–Crippen MR) is 113 cm³/mol. The molecule has 0 amide bonds. The second-order valence-electron chi connectivity index (χ2n) is 9.40. The van der Waals surface area contributed by atoms with Crippen molar-refractivity contribution in [2.24, 2.45) is 0 Å². The summed E-state index contributed by atoms with van der Waals surface area (Å²) in [5.74, 6) is 0. The Hall–Kier alpha value is -0.0969. The van der Waals surface area contributed by atoms with Crippen molar-refractivity contribution in [3.63, 3.8) is 0 Å². The van der Waals surface area contributed by atoms with E-state index in [1.54, 1.807) is 0 Å². The molecule has 0 radical (unpaired) electrons. The molecule has 1 aliphatic rings. The van der Waals surface area contributed by atoms with E-state index in [0.717, 1.165) is 6.42 Å². The van der Waals surface area contributed by atoms with Gasteiger partial charge in [-0.05, 0) is 75.6 Å². The zero-order valence-corrected chi connectivity index (χ0v) is 21.2. The van der Waals surface area contributed by atoms with Crippen LogP contribution in [0, 0.1) is 13.8 Å². The molecule has 1 aliphatic carbocycles. The molecule has 0 spiro atoms. The van der Waals surface area contributed by atoms with E-state index in [9.17, 15) is 0 Å². The van der Waals surface area contributed by atoms with Crippen molar-refractivity contribution < 1.29 is 20.8 Å². The van der Waals surface area contributed by atoms with Gasteiger partial charge >= 0.3 is 37.9 Å². The Morgan fingerprint density at radius 2 is 1.00 bits per heavy atom. The number of fused-ring (bicyclic) bond motifs is 3. The Morgan fingerprint density at radius 1 is 0.692 bits per heavy atom. The van der Waals surface area contributed by atoms with Gasteiger partial charge in [-0.25, -0.2) is 0 Å². The molecule has 0 saturated carbocycles. The number of halogens is 2. The Bertz CT molecular complexity index is 741. The Kier molecular flexibility index (Phi) is 6.92. The summed E-state index contributed by atoms with van der Waals surface area (Å²) in [5, 5.41) is 0. The van der Waals surface area contributed by atoms with E-state index in [1.165, 1.54) is 44.5 Å². The maximum atomic E-state index is 4.93. The third kappa shape index (κ3) is 4.65. The van der Waals surface area contributed by atoms with Crippen LogP contribution in [0.5, 0.6) is 0 Å². The second kappa shape index (κ2) is 8.10. The van der Waals surface area contributed by atoms with Gasteiger partial charge in [-0.2, -0.15) is 0 Å². The van der Waals surface area contributed by atoms with Crippen LogP contribution >= 0.6 is 17.0 Å². The fourth-order valence-electron chi connectivity index (χ4n) is 4.15. The minimum atomic E-state index is -0.826.